The third-order valence-electron chi connectivity index (χ3n) is 4.79. The van der Waals surface area contributed by atoms with Crippen molar-refractivity contribution in [1.29, 1.82) is 0 Å². The quantitative estimate of drug-likeness (QED) is 0.802. The summed E-state index contributed by atoms with van der Waals surface area (Å²) >= 11 is 0. The molecule has 0 bridgehead atoms. The van der Waals surface area contributed by atoms with Crippen molar-refractivity contribution in [1.82, 2.24) is 19.7 Å². The Balaban J connectivity index is 1.74. The van der Waals surface area contributed by atoms with Gasteiger partial charge in [0.15, 0.2) is 5.65 Å². The second-order valence-corrected chi connectivity index (χ2v) is 6.42. The monoisotopic (exact) mass is 323 g/mol. The number of anilines is 1. The fraction of sp³-hybridized carbons (Fsp3) is 0.389. The summed E-state index contributed by atoms with van der Waals surface area (Å²) in [6.07, 6.45) is 5.27. The lowest BCUT2D eigenvalue weighted by atomic mass is 9.93. The van der Waals surface area contributed by atoms with Crippen LogP contribution >= 0.6 is 0 Å². The first-order chi connectivity index (χ1) is 11.7. The predicted octanol–water partition coefficient (Wildman–Crippen LogP) is 2.41. The van der Waals surface area contributed by atoms with Crippen LogP contribution in [0.1, 0.15) is 19.8 Å². The van der Waals surface area contributed by atoms with E-state index in [1.807, 2.05) is 48.1 Å². The molecule has 3 aromatic rings. The van der Waals surface area contributed by atoms with Crippen LogP contribution in [0, 0.1) is 5.92 Å². The fourth-order valence-electron chi connectivity index (χ4n) is 3.44. The first kappa shape index (κ1) is 15.1. The summed E-state index contributed by atoms with van der Waals surface area (Å²) in [7, 11) is 0. The van der Waals surface area contributed by atoms with Crippen LogP contribution in [0.2, 0.25) is 0 Å². The van der Waals surface area contributed by atoms with E-state index in [2.05, 4.69) is 20.0 Å². The van der Waals surface area contributed by atoms with Crippen LogP contribution in [0.25, 0.3) is 16.7 Å². The lowest BCUT2D eigenvalue weighted by Crippen LogP contribution is -2.40. The summed E-state index contributed by atoms with van der Waals surface area (Å²) in [6, 6.07) is 9.99. The van der Waals surface area contributed by atoms with Gasteiger partial charge in [0.1, 0.15) is 12.1 Å². The first-order valence-corrected chi connectivity index (χ1v) is 8.41. The van der Waals surface area contributed by atoms with Crippen LogP contribution in [0.3, 0.4) is 0 Å². The van der Waals surface area contributed by atoms with E-state index >= 15 is 0 Å². The molecule has 1 aromatic carbocycles. The van der Waals surface area contributed by atoms with Crippen molar-refractivity contribution in [3.63, 3.8) is 0 Å². The molecule has 24 heavy (non-hydrogen) atoms. The van der Waals surface area contributed by atoms with E-state index in [-0.39, 0.29) is 12.0 Å². The highest BCUT2D eigenvalue weighted by Gasteiger charge is 2.26. The number of aliphatic hydroxyl groups excluding tert-OH is 1. The second-order valence-electron chi connectivity index (χ2n) is 6.42. The SMILES string of the molecule is CC(O)C1CCCN(c2ncnc3c2cnn3-c2ccccc2)C1. The number of fused-ring (bicyclic) bond motifs is 1. The minimum absolute atomic E-state index is 0.285. The zero-order valence-corrected chi connectivity index (χ0v) is 13.7. The van der Waals surface area contributed by atoms with Gasteiger partial charge in [0, 0.05) is 19.0 Å². The highest BCUT2D eigenvalue weighted by molar-refractivity contribution is 5.87. The van der Waals surface area contributed by atoms with Crippen LogP contribution in [0.4, 0.5) is 5.82 Å². The van der Waals surface area contributed by atoms with E-state index in [9.17, 15) is 5.11 Å². The van der Waals surface area contributed by atoms with E-state index in [0.717, 1.165) is 48.5 Å². The molecule has 124 valence electrons. The van der Waals surface area contributed by atoms with Crippen molar-refractivity contribution < 1.29 is 5.11 Å². The minimum atomic E-state index is -0.294. The van der Waals surface area contributed by atoms with Gasteiger partial charge in [-0.25, -0.2) is 14.6 Å². The maximum Gasteiger partial charge on any atom is 0.168 e. The second kappa shape index (κ2) is 6.20. The molecule has 6 nitrogen and oxygen atoms in total. The molecule has 1 N–H and O–H groups in total. The van der Waals surface area contributed by atoms with Gasteiger partial charge in [-0.1, -0.05) is 18.2 Å². The lowest BCUT2D eigenvalue weighted by molar-refractivity contribution is 0.115. The molecular formula is C18H21N5O. The topological polar surface area (TPSA) is 67.1 Å². The molecule has 2 aromatic heterocycles. The molecule has 2 atom stereocenters. The number of nitrogens with zero attached hydrogens (tertiary/aromatic N) is 5. The van der Waals surface area contributed by atoms with E-state index < -0.39 is 0 Å². The first-order valence-electron chi connectivity index (χ1n) is 8.41. The molecule has 0 radical (unpaired) electrons. The van der Waals surface area contributed by atoms with Crippen molar-refractivity contribution in [2.24, 2.45) is 5.92 Å². The highest BCUT2D eigenvalue weighted by Crippen LogP contribution is 2.29. The van der Waals surface area contributed by atoms with Gasteiger partial charge in [0.05, 0.1) is 23.4 Å². The van der Waals surface area contributed by atoms with E-state index in [1.54, 1.807) is 6.33 Å². The van der Waals surface area contributed by atoms with Crippen LogP contribution in [0.5, 0.6) is 0 Å². The molecule has 0 amide bonds. The summed E-state index contributed by atoms with van der Waals surface area (Å²) in [5.41, 5.74) is 1.79. The summed E-state index contributed by atoms with van der Waals surface area (Å²) in [6.45, 7) is 3.64. The third kappa shape index (κ3) is 2.63. The van der Waals surface area contributed by atoms with Crippen LogP contribution in [-0.2, 0) is 0 Å². The molecule has 0 saturated carbocycles. The van der Waals surface area contributed by atoms with Gasteiger partial charge in [0.25, 0.3) is 0 Å². The average Bonchev–Trinajstić information content (AvgIpc) is 3.06. The molecule has 3 heterocycles. The largest absolute Gasteiger partial charge is 0.393 e. The molecule has 0 spiro atoms. The van der Waals surface area contributed by atoms with Gasteiger partial charge in [-0.3, -0.25) is 0 Å². The van der Waals surface area contributed by atoms with E-state index in [4.69, 9.17) is 0 Å². The Morgan fingerprint density at radius 3 is 2.83 bits per heavy atom. The Morgan fingerprint density at radius 1 is 1.21 bits per heavy atom. The number of rotatable bonds is 3. The lowest BCUT2D eigenvalue weighted by Gasteiger charge is -2.35. The highest BCUT2D eigenvalue weighted by atomic mass is 16.3. The molecule has 1 aliphatic heterocycles. The number of benzene rings is 1. The number of aliphatic hydroxyl groups is 1. The Morgan fingerprint density at radius 2 is 2.04 bits per heavy atom. The molecule has 1 aliphatic rings. The summed E-state index contributed by atoms with van der Waals surface area (Å²) in [5.74, 6) is 1.19. The maximum atomic E-state index is 9.93. The average molecular weight is 323 g/mol. The molecule has 4 rings (SSSR count). The van der Waals surface area contributed by atoms with E-state index in [1.165, 1.54) is 0 Å². The van der Waals surface area contributed by atoms with Gasteiger partial charge in [-0.05, 0) is 31.9 Å². The smallest absolute Gasteiger partial charge is 0.168 e. The van der Waals surface area contributed by atoms with Gasteiger partial charge in [-0.15, -0.1) is 0 Å². The summed E-state index contributed by atoms with van der Waals surface area (Å²) in [5, 5.41) is 15.4. The Kier molecular flexibility index (Phi) is 3.90. The normalized spacial score (nSPS) is 19.6. The van der Waals surface area contributed by atoms with Crippen molar-refractivity contribution >= 4 is 16.9 Å². The number of piperidine rings is 1. The van der Waals surface area contributed by atoms with Gasteiger partial charge in [0.2, 0.25) is 0 Å². The number of hydrogen-bond donors (Lipinski definition) is 1. The molecular weight excluding hydrogens is 302 g/mol. The summed E-state index contributed by atoms with van der Waals surface area (Å²) < 4.78 is 1.84. The zero-order chi connectivity index (χ0) is 16.5. The molecule has 0 aliphatic carbocycles. The number of para-hydroxylation sites is 1. The van der Waals surface area contributed by atoms with Crippen LogP contribution < -0.4 is 4.90 Å². The number of aromatic nitrogens is 4. The number of hydrogen-bond acceptors (Lipinski definition) is 5. The standard InChI is InChI=1S/C18H21N5O/c1-13(24)14-6-5-9-22(11-14)17-16-10-21-23(18(16)20-12-19-17)15-7-3-2-4-8-15/h2-4,7-8,10,12-14,24H,5-6,9,11H2,1H3. The fourth-order valence-corrected chi connectivity index (χ4v) is 3.44. The minimum Gasteiger partial charge on any atom is -0.393 e. The van der Waals surface area contributed by atoms with Gasteiger partial charge >= 0.3 is 0 Å². The van der Waals surface area contributed by atoms with Crippen molar-refractivity contribution in [2.75, 3.05) is 18.0 Å². The van der Waals surface area contributed by atoms with Gasteiger partial charge < -0.3 is 10.0 Å². The maximum absolute atomic E-state index is 9.93. The molecule has 1 saturated heterocycles. The Labute approximate surface area is 140 Å². The zero-order valence-electron chi connectivity index (χ0n) is 13.7. The molecule has 1 fully saturated rings. The van der Waals surface area contributed by atoms with Crippen molar-refractivity contribution in [3.05, 3.63) is 42.9 Å². The van der Waals surface area contributed by atoms with Crippen molar-refractivity contribution in [3.8, 4) is 5.69 Å². The van der Waals surface area contributed by atoms with E-state index in [0.29, 0.717) is 0 Å². The third-order valence-corrected chi connectivity index (χ3v) is 4.79. The molecule has 2 unspecified atom stereocenters. The van der Waals surface area contributed by atoms with Gasteiger partial charge in [-0.2, -0.15) is 5.10 Å². The van der Waals surface area contributed by atoms with Crippen LogP contribution in [-0.4, -0.2) is 44.0 Å². The van der Waals surface area contributed by atoms with Crippen LogP contribution in [0.15, 0.2) is 42.9 Å². The van der Waals surface area contributed by atoms with Crippen molar-refractivity contribution in [2.45, 2.75) is 25.9 Å². The molecule has 6 heteroatoms. The Bertz CT molecular complexity index is 830. The summed E-state index contributed by atoms with van der Waals surface area (Å²) in [4.78, 5) is 11.2. The Hall–Kier alpha value is -2.47. The predicted molar refractivity (Wildman–Crippen MR) is 93.3 cm³/mol.